The van der Waals surface area contributed by atoms with Crippen molar-refractivity contribution < 1.29 is 5.11 Å². The van der Waals surface area contributed by atoms with Gasteiger partial charge in [0.25, 0.3) is 0 Å². The molecule has 3 nitrogen and oxygen atoms in total. The predicted octanol–water partition coefficient (Wildman–Crippen LogP) is 2.54. The number of hydrogen-bond acceptors (Lipinski definition) is 3. The van der Waals surface area contributed by atoms with E-state index >= 15 is 0 Å². The van der Waals surface area contributed by atoms with Crippen LogP contribution in [-0.4, -0.2) is 22.7 Å². The lowest BCUT2D eigenvalue weighted by Gasteiger charge is -2.29. The van der Waals surface area contributed by atoms with Crippen LogP contribution in [0.3, 0.4) is 0 Å². The van der Waals surface area contributed by atoms with Crippen LogP contribution in [-0.2, 0) is 0 Å². The Balaban J connectivity index is 3.12. The van der Waals surface area contributed by atoms with Crippen molar-refractivity contribution in [3.63, 3.8) is 0 Å². The molecule has 16 heavy (non-hydrogen) atoms. The molecule has 0 amide bonds. The predicted molar refractivity (Wildman–Crippen MR) is 67.5 cm³/mol. The summed E-state index contributed by atoms with van der Waals surface area (Å²) in [6.45, 7) is 10.4. The summed E-state index contributed by atoms with van der Waals surface area (Å²) >= 11 is 0. The van der Waals surface area contributed by atoms with E-state index in [1.165, 1.54) is 0 Å². The molecule has 1 N–H and O–H groups in total. The van der Waals surface area contributed by atoms with Gasteiger partial charge in [-0.2, -0.15) is 0 Å². The van der Waals surface area contributed by atoms with Gasteiger partial charge in [-0.1, -0.05) is 12.1 Å². The topological polar surface area (TPSA) is 36.4 Å². The molecule has 1 atom stereocenters. The fraction of sp³-hybridized carbons (Fsp3) is 0.462. The molecule has 0 aromatic carbocycles. The highest BCUT2D eigenvalue weighted by Gasteiger charge is 2.16. The molecule has 0 aliphatic heterocycles. The molecule has 1 heterocycles. The number of rotatable bonds is 5. The number of nitrogens with zero attached hydrogens (tertiary/aromatic N) is 2. The van der Waals surface area contributed by atoms with E-state index in [9.17, 15) is 5.11 Å². The zero-order valence-electron chi connectivity index (χ0n) is 10.2. The zero-order valence-corrected chi connectivity index (χ0v) is 10.2. The van der Waals surface area contributed by atoms with Crippen molar-refractivity contribution >= 4 is 5.82 Å². The van der Waals surface area contributed by atoms with Gasteiger partial charge in [-0.05, 0) is 26.8 Å². The lowest BCUT2D eigenvalue weighted by Crippen LogP contribution is -2.32. The fourth-order valence-electron chi connectivity index (χ4n) is 1.66. The number of aliphatic hydroxyl groups is 1. The number of hydrogen-bond donors (Lipinski definition) is 1. The van der Waals surface area contributed by atoms with Gasteiger partial charge in [0.05, 0.1) is 6.10 Å². The van der Waals surface area contributed by atoms with Crippen molar-refractivity contribution in [1.29, 1.82) is 0 Å². The van der Waals surface area contributed by atoms with Gasteiger partial charge >= 0.3 is 0 Å². The van der Waals surface area contributed by atoms with E-state index < -0.39 is 6.10 Å². The Bertz CT molecular complexity index is 348. The van der Waals surface area contributed by atoms with Gasteiger partial charge in [0.15, 0.2) is 0 Å². The second-order valence-electron chi connectivity index (χ2n) is 4.13. The van der Waals surface area contributed by atoms with Crippen molar-refractivity contribution in [1.82, 2.24) is 4.98 Å². The second-order valence-corrected chi connectivity index (χ2v) is 4.13. The summed E-state index contributed by atoms with van der Waals surface area (Å²) in [4.78, 5) is 6.48. The van der Waals surface area contributed by atoms with Crippen LogP contribution in [0.4, 0.5) is 5.82 Å². The average Bonchev–Trinajstić information content (AvgIpc) is 2.25. The molecule has 0 unspecified atom stereocenters. The van der Waals surface area contributed by atoms with Gasteiger partial charge in [0, 0.05) is 24.3 Å². The van der Waals surface area contributed by atoms with Crippen molar-refractivity contribution in [3.05, 3.63) is 36.5 Å². The number of aliphatic hydroxyl groups excluding tert-OH is 1. The van der Waals surface area contributed by atoms with Crippen LogP contribution in [0.15, 0.2) is 31.0 Å². The van der Waals surface area contributed by atoms with Crippen LogP contribution in [0.1, 0.15) is 32.4 Å². The molecule has 3 heteroatoms. The molecular formula is C13H20N2O. The van der Waals surface area contributed by atoms with Crippen molar-refractivity contribution in [2.24, 2.45) is 0 Å². The molecule has 0 spiro atoms. The summed E-state index contributed by atoms with van der Waals surface area (Å²) in [6.07, 6.45) is 3.09. The fourth-order valence-corrected chi connectivity index (χ4v) is 1.66. The third-order valence-electron chi connectivity index (χ3n) is 2.49. The smallest absolute Gasteiger partial charge is 0.134 e. The van der Waals surface area contributed by atoms with Gasteiger partial charge < -0.3 is 10.0 Å². The third-order valence-corrected chi connectivity index (χ3v) is 2.49. The molecule has 1 rings (SSSR count). The maximum absolute atomic E-state index is 9.71. The van der Waals surface area contributed by atoms with E-state index in [-0.39, 0.29) is 0 Å². The van der Waals surface area contributed by atoms with Gasteiger partial charge in [0.2, 0.25) is 0 Å². The number of pyridine rings is 1. The largest absolute Gasteiger partial charge is 0.389 e. The summed E-state index contributed by atoms with van der Waals surface area (Å²) in [5.74, 6) is 0.840. The van der Waals surface area contributed by atoms with Crippen LogP contribution in [0.5, 0.6) is 0 Å². The lowest BCUT2D eigenvalue weighted by atomic mass is 10.1. The monoisotopic (exact) mass is 220 g/mol. The molecule has 0 bridgehead atoms. The van der Waals surface area contributed by atoms with Crippen LogP contribution in [0.2, 0.25) is 0 Å². The minimum atomic E-state index is -0.505. The first-order valence-corrected chi connectivity index (χ1v) is 5.58. The zero-order chi connectivity index (χ0) is 12.1. The van der Waals surface area contributed by atoms with Crippen LogP contribution >= 0.6 is 0 Å². The van der Waals surface area contributed by atoms with Gasteiger partial charge in [-0.15, -0.1) is 6.58 Å². The molecule has 88 valence electrons. The van der Waals surface area contributed by atoms with Crippen molar-refractivity contribution in [3.8, 4) is 0 Å². The molecule has 0 radical (unpaired) electrons. The number of aromatic nitrogens is 1. The van der Waals surface area contributed by atoms with E-state index in [4.69, 9.17) is 0 Å². The molecule has 0 fully saturated rings. The minimum absolute atomic E-state index is 0.324. The Labute approximate surface area is 97.4 Å². The van der Waals surface area contributed by atoms with Crippen LogP contribution < -0.4 is 4.90 Å². The molecular weight excluding hydrogens is 200 g/mol. The Morgan fingerprint density at radius 3 is 2.69 bits per heavy atom. The minimum Gasteiger partial charge on any atom is -0.389 e. The van der Waals surface area contributed by atoms with Crippen LogP contribution in [0, 0.1) is 0 Å². The standard InChI is InChI=1S/C13H20N2O/c1-5-9-15(10(2)3)13-12(11(4)16)7-6-8-14-13/h5-8,10-11,16H,1,9H2,2-4H3/t11-/m1/s1. The first-order chi connectivity index (χ1) is 7.57. The maximum Gasteiger partial charge on any atom is 0.134 e. The highest BCUT2D eigenvalue weighted by molar-refractivity contribution is 5.49. The highest BCUT2D eigenvalue weighted by Crippen LogP contribution is 2.24. The summed E-state index contributed by atoms with van der Waals surface area (Å²) in [7, 11) is 0. The molecule has 0 saturated heterocycles. The van der Waals surface area contributed by atoms with E-state index in [1.54, 1.807) is 13.1 Å². The van der Waals surface area contributed by atoms with Crippen molar-refractivity contribution in [2.45, 2.75) is 32.9 Å². The summed E-state index contributed by atoms with van der Waals surface area (Å²) < 4.78 is 0. The Morgan fingerprint density at radius 2 is 2.19 bits per heavy atom. The first-order valence-electron chi connectivity index (χ1n) is 5.58. The maximum atomic E-state index is 9.71. The second kappa shape index (κ2) is 5.66. The Kier molecular flexibility index (Phi) is 4.50. The van der Waals surface area contributed by atoms with E-state index in [0.717, 1.165) is 17.9 Å². The summed E-state index contributed by atoms with van der Waals surface area (Å²) in [6, 6.07) is 4.08. The molecule has 0 saturated carbocycles. The van der Waals surface area contributed by atoms with Gasteiger partial charge in [-0.25, -0.2) is 4.98 Å². The van der Waals surface area contributed by atoms with E-state index in [1.807, 2.05) is 18.2 Å². The van der Waals surface area contributed by atoms with E-state index in [0.29, 0.717) is 6.04 Å². The quantitative estimate of drug-likeness (QED) is 0.775. The average molecular weight is 220 g/mol. The Morgan fingerprint density at radius 1 is 1.50 bits per heavy atom. The Hall–Kier alpha value is -1.35. The van der Waals surface area contributed by atoms with Gasteiger partial charge in [-0.3, -0.25) is 0 Å². The number of anilines is 1. The third kappa shape index (κ3) is 2.83. The van der Waals surface area contributed by atoms with Gasteiger partial charge in [0.1, 0.15) is 5.82 Å². The van der Waals surface area contributed by atoms with Crippen LogP contribution in [0.25, 0.3) is 0 Å². The lowest BCUT2D eigenvalue weighted by molar-refractivity contribution is 0.199. The molecule has 0 aliphatic rings. The normalized spacial score (nSPS) is 12.6. The van der Waals surface area contributed by atoms with Crippen molar-refractivity contribution in [2.75, 3.05) is 11.4 Å². The summed E-state index contributed by atoms with van der Waals surface area (Å²) in [5.41, 5.74) is 0.859. The molecule has 1 aromatic heterocycles. The highest BCUT2D eigenvalue weighted by atomic mass is 16.3. The first kappa shape index (κ1) is 12.7. The molecule has 0 aliphatic carbocycles. The molecule has 1 aromatic rings. The van der Waals surface area contributed by atoms with E-state index in [2.05, 4.69) is 30.3 Å². The SMILES string of the molecule is C=CCN(c1ncccc1[C@@H](C)O)C(C)C. The summed E-state index contributed by atoms with van der Waals surface area (Å²) in [5, 5.41) is 9.71.